The maximum Gasteiger partial charge on any atom is 0.162 e. The van der Waals surface area contributed by atoms with Gasteiger partial charge in [-0.25, -0.2) is 9.97 Å². The molecule has 0 N–H and O–H groups in total. The molecule has 2 aromatic heterocycles. The van der Waals surface area contributed by atoms with Crippen molar-refractivity contribution < 1.29 is 0 Å². The number of aromatic nitrogens is 3. The fraction of sp³-hybridized carbons (Fsp3) is 0.188. The van der Waals surface area contributed by atoms with E-state index >= 15 is 0 Å². The summed E-state index contributed by atoms with van der Waals surface area (Å²) in [6, 6.07) is 12.1. The molecular formula is C16H14N4. The van der Waals surface area contributed by atoms with Crippen LogP contribution in [0.3, 0.4) is 0 Å². The van der Waals surface area contributed by atoms with E-state index in [0.29, 0.717) is 0 Å². The second-order valence-electron chi connectivity index (χ2n) is 4.96. The molecule has 20 heavy (non-hydrogen) atoms. The third kappa shape index (κ3) is 1.81. The lowest BCUT2D eigenvalue weighted by molar-refractivity contribution is 0.612. The highest BCUT2D eigenvalue weighted by Gasteiger charge is 2.20. The third-order valence-electron chi connectivity index (χ3n) is 3.68. The zero-order valence-corrected chi connectivity index (χ0v) is 11.0. The molecule has 1 aromatic carbocycles. The number of hydrogen-bond acceptors (Lipinski definition) is 4. The van der Waals surface area contributed by atoms with Crippen molar-refractivity contribution in [1.82, 2.24) is 15.0 Å². The molecule has 1 fully saturated rings. The summed E-state index contributed by atoms with van der Waals surface area (Å²) in [5, 5.41) is 1.13. The lowest BCUT2D eigenvalue weighted by Crippen LogP contribution is -2.37. The predicted molar refractivity (Wildman–Crippen MR) is 79.6 cm³/mol. The van der Waals surface area contributed by atoms with Crippen molar-refractivity contribution >= 4 is 16.7 Å². The highest BCUT2D eigenvalue weighted by Crippen LogP contribution is 2.29. The molecule has 3 aromatic rings. The monoisotopic (exact) mass is 262 g/mol. The lowest BCUT2D eigenvalue weighted by atomic mass is 10.1. The molecule has 98 valence electrons. The van der Waals surface area contributed by atoms with Gasteiger partial charge in [0, 0.05) is 36.4 Å². The van der Waals surface area contributed by atoms with E-state index in [0.717, 1.165) is 41.2 Å². The summed E-state index contributed by atoms with van der Waals surface area (Å²) in [5.41, 5.74) is 2.00. The minimum atomic E-state index is 0.771. The van der Waals surface area contributed by atoms with Gasteiger partial charge in [0.2, 0.25) is 0 Å². The molecule has 1 saturated heterocycles. The molecule has 0 spiro atoms. The van der Waals surface area contributed by atoms with Gasteiger partial charge < -0.3 is 4.90 Å². The van der Waals surface area contributed by atoms with Gasteiger partial charge in [0.1, 0.15) is 5.82 Å². The molecule has 3 heterocycles. The number of pyridine rings is 1. The Morgan fingerprint density at radius 3 is 2.45 bits per heavy atom. The van der Waals surface area contributed by atoms with Gasteiger partial charge in [0.15, 0.2) is 5.82 Å². The number of anilines is 1. The van der Waals surface area contributed by atoms with Crippen LogP contribution in [0.1, 0.15) is 6.42 Å². The summed E-state index contributed by atoms with van der Waals surface area (Å²) in [4.78, 5) is 15.8. The van der Waals surface area contributed by atoms with E-state index in [1.807, 2.05) is 30.3 Å². The van der Waals surface area contributed by atoms with Crippen molar-refractivity contribution in [2.24, 2.45) is 0 Å². The standard InChI is InChI=1S/C16H14N4/c1-2-5-14-13(4-1)16(20-10-3-11-20)19-15(18-14)12-6-8-17-9-7-12/h1-2,4-9H,3,10-11H2. The molecule has 0 aliphatic carbocycles. The van der Waals surface area contributed by atoms with E-state index in [1.165, 1.54) is 6.42 Å². The summed E-state index contributed by atoms with van der Waals surface area (Å²) < 4.78 is 0. The molecule has 0 amide bonds. The fourth-order valence-corrected chi connectivity index (χ4v) is 2.46. The first-order valence-corrected chi connectivity index (χ1v) is 6.84. The zero-order valence-electron chi connectivity index (χ0n) is 11.0. The zero-order chi connectivity index (χ0) is 13.4. The Morgan fingerprint density at radius 1 is 0.900 bits per heavy atom. The van der Waals surface area contributed by atoms with Crippen LogP contribution in [0, 0.1) is 0 Å². The van der Waals surface area contributed by atoms with Gasteiger partial charge in [0.25, 0.3) is 0 Å². The molecule has 1 aliphatic rings. The Balaban J connectivity index is 1.94. The van der Waals surface area contributed by atoms with Gasteiger partial charge in [-0.15, -0.1) is 0 Å². The second kappa shape index (κ2) is 4.56. The van der Waals surface area contributed by atoms with Gasteiger partial charge in [-0.05, 0) is 30.7 Å². The Hall–Kier alpha value is -2.49. The Bertz CT molecular complexity index is 751. The van der Waals surface area contributed by atoms with E-state index in [2.05, 4.69) is 20.9 Å². The minimum Gasteiger partial charge on any atom is -0.356 e. The first-order chi connectivity index (χ1) is 9.92. The van der Waals surface area contributed by atoms with Crippen molar-refractivity contribution in [2.45, 2.75) is 6.42 Å². The summed E-state index contributed by atoms with van der Waals surface area (Å²) in [7, 11) is 0. The third-order valence-corrected chi connectivity index (χ3v) is 3.68. The van der Waals surface area contributed by atoms with Crippen LogP contribution in [0.25, 0.3) is 22.3 Å². The van der Waals surface area contributed by atoms with Crippen molar-refractivity contribution in [2.75, 3.05) is 18.0 Å². The van der Waals surface area contributed by atoms with Gasteiger partial charge >= 0.3 is 0 Å². The van der Waals surface area contributed by atoms with Crippen LogP contribution in [0.4, 0.5) is 5.82 Å². The van der Waals surface area contributed by atoms with E-state index < -0.39 is 0 Å². The normalized spacial score (nSPS) is 14.3. The Kier molecular flexibility index (Phi) is 2.59. The van der Waals surface area contributed by atoms with Gasteiger partial charge in [-0.2, -0.15) is 0 Å². The Morgan fingerprint density at radius 2 is 1.70 bits per heavy atom. The van der Waals surface area contributed by atoms with Crippen LogP contribution in [0.15, 0.2) is 48.8 Å². The first kappa shape index (κ1) is 11.3. The highest BCUT2D eigenvalue weighted by atomic mass is 15.2. The summed E-state index contributed by atoms with van der Waals surface area (Å²) in [6.07, 6.45) is 4.79. The molecule has 0 atom stereocenters. The molecule has 0 radical (unpaired) electrons. The van der Waals surface area contributed by atoms with E-state index in [-0.39, 0.29) is 0 Å². The molecular weight excluding hydrogens is 248 g/mol. The predicted octanol–water partition coefficient (Wildman–Crippen LogP) is 2.90. The molecule has 1 aliphatic heterocycles. The van der Waals surface area contributed by atoms with E-state index in [1.54, 1.807) is 12.4 Å². The number of nitrogens with zero attached hydrogens (tertiary/aromatic N) is 4. The van der Waals surface area contributed by atoms with Crippen LogP contribution in [0.5, 0.6) is 0 Å². The lowest BCUT2D eigenvalue weighted by Gasteiger charge is -2.33. The smallest absolute Gasteiger partial charge is 0.162 e. The molecule has 4 heteroatoms. The summed E-state index contributed by atoms with van der Waals surface area (Å²) in [5.74, 6) is 1.82. The largest absolute Gasteiger partial charge is 0.356 e. The average Bonchev–Trinajstić information content (AvgIpc) is 2.46. The number of hydrogen-bond donors (Lipinski definition) is 0. The highest BCUT2D eigenvalue weighted by molar-refractivity contribution is 5.91. The van der Waals surface area contributed by atoms with Crippen molar-refractivity contribution in [3.63, 3.8) is 0 Å². The molecule has 0 saturated carbocycles. The summed E-state index contributed by atoms with van der Waals surface area (Å²) >= 11 is 0. The fourth-order valence-electron chi connectivity index (χ4n) is 2.46. The SMILES string of the molecule is c1ccc2c(N3CCC3)nc(-c3ccncc3)nc2c1. The number of rotatable bonds is 2. The molecule has 0 unspecified atom stereocenters. The van der Waals surface area contributed by atoms with Gasteiger partial charge in [-0.3, -0.25) is 4.98 Å². The molecule has 4 nitrogen and oxygen atoms in total. The first-order valence-electron chi connectivity index (χ1n) is 6.84. The average molecular weight is 262 g/mol. The number of fused-ring (bicyclic) bond motifs is 1. The minimum absolute atomic E-state index is 0.771. The maximum absolute atomic E-state index is 4.78. The van der Waals surface area contributed by atoms with Gasteiger partial charge in [-0.1, -0.05) is 12.1 Å². The molecule has 0 bridgehead atoms. The quantitative estimate of drug-likeness (QED) is 0.712. The summed E-state index contributed by atoms with van der Waals surface area (Å²) in [6.45, 7) is 2.16. The van der Waals surface area contributed by atoms with E-state index in [9.17, 15) is 0 Å². The van der Waals surface area contributed by atoms with E-state index in [4.69, 9.17) is 4.98 Å². The second-order valence-corrected chi connectivity index (χ2v) is 4.96. The maximum atomic E-state index is 4.78. The van der Waals surface area contributed by atoms with Gasteiger partial charge in [0.05, 0.1) is 5.52 Å². The number of benzene rings is 1. The topological polar surface area (TPSA) is 41.9 Å². The molecule has 4 rings (SSSR count). The van der Waals surface area contributed by atoms with Crippen molar-refractivity contribution in [1.29, 1.82) is 0 Å². The van der Waals surface area contributed by atoms with Crippen molar-refractivity contribution in [3.05, 3.63) is 48.8 Å². The number of para-hydroxylation sites is 1. The Labute approximate surface area is 117 Å². The van der Waals surface area contributed by atoms with Crippen LogP contribution in [0.2, 0.25) is 0 Å². The van der Waals surface area contributed by atoms with Crippen LogP contribution in [-0.2, 0) is 0 Å². The van der Waals surface area contributed by atoms with Crippen molar-refractivity contribution in [3.8, 4) is 11.4 Å². The van der Waals surface area contributed by atoms with Crippen LogP contribution in [-0.4, -0.2) is 28.0 Å². The van der Waals surface area contributed by atoms with Crippen LogP contribution < -0.4 is 4.90 Å². The van der Waals surface area contributed by atoms with Crippen LogP contribution >= 0.6 is 0 Å².